The molecule has 1 aromatic carbocycles. The molecule has 2 N–H and O–H groups in total. The van der Waals surface area contributed by atoms with Crippen LogP contribution in [0.15, 0.2) is 29.3 Å². The summed E-state index contributed by atoms with van der Waals surface area (Å²) in [5.41, 5.74) is 0. The van der Waals surface area contributed by atoms with Gasteiger partial charge >= 0.3 is 0 Å². The van der Waals surface area contributed by atoms with E-state index in [1.165, 1.54) is 12.1 Å². The van der Waals surface area contributed by atoms with Crippen molar-refractivity contribution in [1.29, 1.82) is 0 Å². The maximum absolute atomic E-state index is 12.9. The molecular weight excluding hydrogens is 474 g/mol. The van der Waals surface area contributed by atoms with E-state index in [1.807, 2.05) is 6.92 Å². The van der Waals surface area contributed by atoms with Gasteiger partial charge in [0.2, 0.25) is 0 Å². The van der Waals surface area contributed by atoms with Gasteiger partial charge in [0.25, 0.3) is 0 Å². The van der Waals surface area contributed by atoms with Crippen LogP contribution < -0.4 is 15.4 Å². The number of aliphatic imine (C=N–C) groups is 1. The molecule has 1 unspecified atom stereocenters. The zero-order valence-corrected chi connectivity index (χ0v) is 19.4. The maximum Gasteiger partial charge on any atom is 0.191 e. The fraction of sp³-hybridized carbons (Fsp3) is 0.650. The summed E-state index contributed by atoms with van der Waals surface area (Å²) in [7, 11) is 3.53. The minimum absolute atomic E-state index is 0. The summed E-state index contributed by atoms with van der Waals surface area (Å²) < 4.78 is 23.9. The van der Waals surface area contributed by atoms with Crippen molar-refractivity contribution >= 4 is 29.9 Å². The molecule has 0 saturated carbocycles. The van der Waals surface area contributed by atoms with E-state index in [1.54, 1.807) is 26.3 Å². The van der Waals surface area contributed by atoms with Crippen LogP contribution in [0.4, 0.5) is 4.39 Å². The number of guanidine groups is 1. The maximum atomic E-state index is 12.9. The molecular formula is C20H34FIN4O2. The van der Waals surface area contributed by atoms with Crippen molar-refractivity contribution in [2.24, 2.45) is 4.99 Å². The number of halogens is 2. The molecule has 1 aromatic rings. The Morgan fingerprint density at radius 2 is 1.96 bits per heavy atom. The third kappa shape index (κ3) is 9.38. The van der Waals surface area contributed by atoms with E-state index in [0.29, 0.717) is 18.3 Å². The molecule has 1 saturated heterocycles. The molecule has 28 heavy (non-hydrogen) atoms. The molecule has 1 heterocycles. The van der Waals surface area contributed by atoms with Crippen LogP contribution in [0.2, 0.25) is 0 Å². The Kier molecular flexibility index (Phi) is 12.4. The molecule has 1 atom stereocenters. The first-order valence-electron chi connectivity index (χ1n) is 9.71. The largest absolute Gasteiger partial charge is 0.489 e. The number of ether oxygens (including phenoxy) is 2. The highest BCUT2D eigenvalue weighted by atomic mass is 127. The standard InChI is InChI=1S/C20H33FN4O2.HI/c1-16(27-19-7-5-17(21)6-8-19)15-23-20(22-2)24-18-9-12-25(13-10-18)11-4-14-26-3;/h5-8,16,18H,4,9-15H2,1-3H3,(H2,22,23,24);1H. The average molecular weight is 508 g/mol. The molecule has 0 amide bonds. The lowest BCUT2D eigenvalue weighted by molar-refractivity contribution is 0.155. The summed E-state index contributed by atoms with van der Waals surface area (Å²) in [6, 6.07) is 6.51. The van der Waals surface area contributed by atoms with E-state index < -0.39 is 0 Å². The number of hydrogen-bond acceptors (Lipinski definition) is 4. The van der Waals surface area contributed by atoms with Crippen molar-refractivity contribution in [2.75, 3.05) is 46.9 Å². The van der Waals surface area contributed by atoms with Gasteiger partial charge in [-0.3, -0.25) is 4.99 Å². The van der Waals surface area contributed by atoms with E-state index in [2.05, 4.69) is 20.5 Å². The normalized spacial score (nSPS) is 16.9. The van der Waals surface area contributed by atoms with Crippen molar-refractivity contribution in [2.45, 2.75) is 38.3 Å². The zero-order chi connectivity index (χ0) is 19.5. The quantitative estimate of drug-likeness (QED) is 0.233. The Hall–Kier alpha value is -1.13. The smallest absolute Gasteiger partial charge is 0.191 e. The lowest BCUT2D eigenvalue weighted by Crippen LogP contribution is -2.50. The first kappa shape index (κ1) is 24.9. The predicted octanol–water partition coefficient (Wildman–Crippen LogP) is 2.88. The highest BCUT2D eigenvalue weighted by molar-refractivity contribution is 14.0. The summed E-state index contributed by atoms with van der Waals surface area (Å²) in [6.07, 6.45) is 3.24. The van der Waals surface area contributed by atoms with Crippen LogP contribution in [0.25, 0.3) is 0 Å². The summed E-state index contributed by atoms with van der Waals surface area (Å²) in [5.74, 6) is 1.19. The lowest BCUT2D eigenvalue weighted by atomic mass is 10.1. The molecule has 0 aliphatic carbocycles. The van der Waals surface area contributed by atoms with Crippen molar-refractivity contribution in [3.05, 3.63) is 30.1 Å². The Bertz CT molecular complexity index is 566. The number of piperidine rings is 1. The van der Waals surface area contributed by atoms with Gasteiger partial charge < -0.3 is 25.0 Å². The third-order valence-electron chi connectivity index (χ3n) is 4.68. The van der Waals surface area contributed by atoms with E-state index in [4.69, 9.17) is 9.47 Å². The molecule has 0 bridgehead atoms. The number of nitrogens with zero attached hydrogens (tertiary/aromatic N) is 2. The summed E-state index contributed by atoms with van der Waals surface area (Å²) in [4.78, 5) is 6.80. The molecule has 0 radical (unpaired) electrons. The number of hydrogen-bond donors (Lipinski definition) is 2. The molecule has 1 aliphatic heterocycles. The first-order valence-corrected chi connectivity index (χ1v) is 9.71. The second-order valence-electron chi connectivity index (χ2n) is 6.94. The topological polar surface area (TPSA) is 58.1 Å². The summed E-state index contributed by atoms with van der Waals surface area (Å²) >= 11 is 0. The summed E-state index contributed by atoms with van der Waals surface area (Å²) in [6.45, 7) is 6.72. The van der Waals surface area contributed by atoms with Gasteiger partial charge in [-0.25, -0.2) is 4.39 Å². The van der Waals surface area contributed by atoms with E-state index in [-0.39, 0.29) is 35.9 Å². The number of rotatable bonds is 9. The molecule has 2 rings (SSSR count). The van der Waals surface area contributed by atoms with Crippen LogP contribution in [0.1, 0.15) is 26.2 Å². The Labute approximate surface area is 185 Å². The Balaban J connectivity index is 0.00000392. The predicted molar refractivity (Wildman–Crippen MR) is 122 cm³/mol. The van der Waals surface area contributed by atoms with Crippen LogP contribution >= 0.6 is 24.0 Å². The van der Waals surface area contributed by atoms with Crippen LogP contribution in [-0.4, -0.2) is 69.9 Å². The molecule has 160 valence electrons. The van der Waals surface area contributed by atoms with Gasteiger partial charge in [0, 0.05) is 46.4 Å². The second kappa shape index (κ2) is 13.9. The van der Waals surface area contributed by atoms with Gasteiger partial charge in [0.05, 0.1) is 6.54 Å². The van der Waals surface area contributed by atoms with Crippen LogP contribution in [-0.2, 0) is 4.74 Å². The Morgan fingerprint density at radius 1 is 1.29 bits per heavy atom. The van der Waals surface area contributed by atoms with Crippen LogP contribution in [0, 0.1) is 5.82 Å². The zero-order valence-electron chi connectivity index (χ0n) is 17.1. The SMILES string of the molecule is CN=C(NCC(C)Oc1ccc(F)cc1)NC1CCN(CCCOC)CC1.I. The van der Waals surface area contributed by atoms with Crippen LogP contribution in [0.3, 0.4) is 0 Å². The van der Waals surface area contributed by atoms with Crippen molar-refractivity contribution < 1.29 is 13.9 Å². The second-order valence-corrected chi connectivity index (χ2v) is 6.94. The number of likely N-dealkylation sites (tertiary alicyclic amines) is 1. The molecule has 1 aliphatic rings. The highest BCUT2D eigenvalue weighted by Gasteiger charge is 2.19. The van der Waals surface area contributed by atoms with Crippen molar-refractivity contribution in [1.82, 2.24) is 15.5 Å². The lowest BCUT2D eigenvalue weighted by Gasteiger charge is -2.33. The third-order valence-corrected chi connectivity index (χ3v) is 4.68. The van der Waals surface area contributed by atoms with E-state index in [9.17, 15) is 4.39 Å². The molecule has 0 aromatic heterocycles. The number of benzene rings is 1. The van der Waals surface area contributed by atoms with Gasteiger partial charge in [-0.2, -0.15) is 0 Å². The average Bonchev–Trinajstić information content (AvgIpc) is 2.68. The number of nitrogens with one attached hydrogen (secondary N) is 2. The molecule has 8 heteroatoms. The fourth-order valence-corrected chi connectivity index (χ4v) is 3.15. The van der Waals surface area contributed by atoms with Gasteiger partial charge in [-0.05, 0) is 50.5 Å². The first-order chi connectivity index (χ1) is 13.1. The monoisotopic (exact) mass is 508 g/mol. The number of methoxy groups -OCH3 is 1. The fourth-order valence-electron chi connectivity index (χ4n) is 3.15. The van der Waals surface area contributed by atoms with Gasteiger partial charge in [-0.1, -0.05) is 0 Å². The molecule has 0 spiro atoms. The van der Waals surface area contributed by atoms with Crippen molar-refractivity contribution in [3.8, 4) is 5.75 Å². The molecule has 1 fully saturated rings. The summed E-state index contributed by atoms with van der Waals surface area (Å²) in [5, 5.41) is 6.81. The molecule has 6 nitrogen and oxygen atoms in total. The van der Waals surface area contributed by atoms with Crippen molar-refractivity contribution in [3.63, 3.8) is 0 Å². The van der Waals surface area contributed by atoms with E-state index >= 15 is 0 Å². The van der Waals surface area contributed by atoms with Crippen LogP contribution in [0.5, 0.6) is 5.75 Å². The Morgan fingerprint density at radius 3 is 2.57 bits per heavy atom. The van der Waals surface area contributed by atoms with Gasteiger partial charge in [-0.15, -0.1) is 24.0 Å². The highest BCUT2D eigenvalue weighted by Crippen LogP contribution is 2.13. The van der Waals surface area contributed by atoms with Gasteiger partial charge in [0.1, 0.15) is 17.7 Å². The van der Waals surface area contributed by atoms with E-state index in [0.717, 1.165) is 51.5 Å². The minimum Gasteiger partial charge on any atom is -0.489 e. The van der Waals surface area contributed by atoms with Gasteiger partial charge in [0.15, 0.2) is 5.96 Å². The minimum atomic E-state index is -0.262.